The highest BCUT2D eigenvalue weighted by atomic mass is 16.1. The van der Waals surface area contributed by atoms with E-state index in [0.717, 1.165) is 11.1 Å². The van der Waals surface area contributed by atoms with E-state index in [1.165, 1.54) is 59.0 Å². The zero-order chi connectivity index (χ0) is 15.4. The van der Waals surface area contributed by atoms with Crippen molar-refractivity contribution in [3.8, 4) is 11.1 Å². The maximum atomic E-state index is 11.7. The highest BCUT2D eigenvalue weighted by Gasteiger charge is 2.19. The van der Waals surface area contributed by atoms with E-state index in [4.69, 9.17) is 0 Å². The van der Waals surface area contributed by atoms with Crippen molar-refractivity contribution in [3.05, 3.63) is 58.8 Å². The molecular formula is C20H18N2O. The third-order valence-electron chi connectivity index (χ3n) is 5.22. The summed E-state index contributed by atoms with van der Waals surface area (Å²) in [6.07, 6.45) is 4.93. The van der Waals surface area contributed by atoms with Crippen LogP contribution in [-0.4, -0.2) is 10.9 Å². The summed E-state index contributed by atoms with van der Waals surface area (Å²) >= 11 is 0. The zero-order valence-corrected chi connectivity index (χ0v) is 12.9. The lowest BCUT2D eigenvalue weighted by atomic mass is 9.94. The Balaban J connectivity index is 1.64. The van der Waals surface area contributed by atoms with Gasteiger partial charge in [0.15, 0.2) is 0 Å². The van der Waals surface area contributed by atoms with E-state index in [9.17, 15) is 4.79 Å². The number of rotatable bonds is 1. The topological polar surface area (TPSA) is 44.9 Å². The van der Waals surface area contributed by atoms with Crippen molar-refractivity contribution in [3.63, 3.8) is 0 Å². The van der Waals surface area contributed by atoms with Gasteiger partial charge in [0.05, 0.1) is 0 Å². The van der Waals surface area contributed by atoms with Gasteiger partial charge in [0.25, 0.3) is 5.91 Å². The average Bonchev–Trinajstić information content (AvgIpc) is 3.15. The molecule has 2 aliphatic rings. The Morgan fingerprint density at radius 1 is 0.913 bits per heavy atom. The molecule has 3 aromatic rings. The quantitative estimate of drug-likeness (QED) is 0.702. The van der Waals surface area contributed by atoms with E-state index < -0.39 is 0 Å². The molecule has 0 spiro atoms. The fourth-order valence-electron chi connectivity index (χ4n) is 4.00. The van der Waals surface area contributed by atoms with Crippen LogP contribution in [0.25, 0.3) is 22.0 Å². The summed E-state index contributed by atoms with van der Waals surface area (Å²) < 4.78 is 0. The van der Waals surface area contributed by atoms with Gasteiger partial charge in [0, 0.05) is 28.7 Å². The fraction of sp³-hybridized carbons (Fsp3) is 0.250. The Hall–Kier alpha value is -2.55. The monoisotopic (exact) mass is 302 g/mol. The van der Waals surface area contributed by atoms with E-state index in [1.807, 2.05) is 6.07 Å². The van der Waals surface area contributed by atoms with Crippen molar-refractivity contribution in [2.45, 2.75) is 32.2 Å². The predicted octanol–water partition coefficient (Wildman–Crippen LogP) is 3.96. The minimum atomic E-state index is 0.0432. The number of carbonyl (C=O) groups is 1. The Labute approximate surface area is 134 Å². The summed E-state index contributed by atoms with van der Waals surface area (Å²) in [5, 5.41) is 4.25. The lowest BCUT2D eigenvalue weighted by molar-refractivity contribution is 0.0966. The largest absolute Gasteiger partial charge is 0.358 e. The highest BCUT2D eigenvalue weighted by molar-refractivity contribution is 5.99. The number of fused-ring (bicyclic) bond motifs is 4. The van der Waals surface area contributed by atoms with E-state index in [-0.39, 0.29) is 5.91 Å². The molecule has 0 saturated heterocycles. The number of hydrogen-bond donors (Lipinski definition) is 2. The van der Waals surface area contributed by atoms with Gasteiger partial charge in [0.2, 0.25) is 0 Å². The first-order valence-corrected chi connectivity index (χ1v) is 8.34. The molecule has 114 valence electrons. The second-order valence-electron chi connectivity index (χ2n) is 6.60. The molecule has 2 N–H and O–H groups in total. The molecule has 0 bridgehead atoms. The minimum Gasteiger partial charge on any atom is -0.358 e. The molecule has 1 aliphatic heterocycles. The number of nitrogens with one attached hydrogen (secondary N) is 2. The van der Waals surface area contributed by atoms with Crippen LogP contribution in [0.2, 0.25) is 0 Å². The molecule has 0 radical (unpaired) electrons. The van der Waals surface area contributed by atoms with Crippen LogP contribution >= 0.6 is 0 Å². The lowest BCUT2D eigenvalue weighted by Gasteiger charge is -2.10. The van der Waals surface area contributed by atoms with Crippen molar-refractivity contribution < 1.29 is 4.79 Å². The number of amides is 1. The summed E-state index contributed by atoms with van der Waals surface area (Å²) in [5.41, 5.74) is 8.51. The van der Waals surface area contributed by atoms with Crippen LogP contribution in [0, 0.1) is 0 Å². The first-order valence-electron chi connectivity index (χ1n) is 8.34. The Kier molecular flexibility index (Phi) is 2.66. The standard InChI is InChI=1S/C20H18N2O/c23-20-15-7-5-12(9-14(15)11-21-20)13-6-8-19-17(10-13)16-3-1-2-4-18(16)22-19/h5-10,22H,1-4,11H2,(H,21,23). The molecule has 1 aromatic heterocycles. The molecule has 0 fully saturated rings. The van der Waals surface area contributed by atoms with Gasteiger partial charge in [-0.1, -0.05) is 12.1 Å². The maximum Gasteiger partial charge on any atom is 0.251 e. The third kappa shape index (κ3) is 1.93. The molecule has 1 aliphatic carbocycles. The molecule has 0 saturated carbocycles. The van der Waals surface area contributed by atoms with Gasteiger partial charge in [-0.3, -0.25) is 4.79 Å². The van der Waals surface area contributed by atoms with E-state index in [1.54, 1.807) is 0 Å². The van der Waals surface area contributed by atoms with Crippen LogP contribution in [0.5, 0.6) is 0 Å². The van der Waals surface area contributed by atoms with Crippen molar-refractivity contribution in [2.24, 2.45) is 0 Å². The smallest absolute Gasteiger partial charge is 0.251 e. The molecular weight excluding hydrogens is 284 g/mol. The van der Waals surface area contributed by atoms with Gasteiger partial charge < -0.3 is 10.3 Å². The van der Waals surface area contributed by atoms with Gasteiger partial charge >= 0.3 is 0 Å². The molecule has 1 amide bonds. The molecule has 3 nitrogen and oxygen atoms in total. The molecule has 0 unspecified atom stereocenters. The molecule has 3 heteroatoms. The van der Waals surface area contributed by atoms with E-state index in [0.29, 0.717) is 6.54 Å². The van der Waals surface area contributed by atoms with Gasteiger partial charge in [-0.05, 0) is 72.2 Å². The van der Waals surface area contributed by atoms with Crippen LogP contribution in [0.15, 0.2) is 36.4 Å². The summed E-state index contributed by atoms with van der Waals surface area (Å²) in [6.45, 7) is 0.643. The summed E-state index contributed by atoms with van der Waals surface area (Å²) in [7, 11) is 0. The van der Waals surface area contributed by atoms with Crippen LogP contribution in [0.4, 0.5) is 0 Å². The second-order valence-corrected chi connectivity index (χ2v) is 6.60. The molecule has 23 heavy (non-hydrogen) atoms. The molecule has 2 aromatic carbocycles. The number of H-pyrrole nitrogens is 1. The van der Waals surface area contributed by atoms with Gasteiger partial charge in [0.1, 0.15) is 0 Å². The number of hydrogen-bond acceptors (Lipinski definition) is 1. The van der Waals surface area contributed by atoms with Crippen LogP contribution < -0.4 is 5.32 Å². The van der Waals surface area contributed by atoms with Crippen molar-refractivity contribution >= 4 is 16.8 Å². The van der Waals surface area contributed by atoms with Gasteiger partial charge in [-0.25, -0.2) is 0 Å². The fourth-order valence-corrected chi connectivity index (χ4v) is 4.00. The first-order chi connectivity index (χ1) is 11.3. The van der Waals surface area contributed by atoms with E-state index >= 15 is 0 Å². The zero-order valence-electron chi connectivity index (χ0n) is 12.9. The van der Waals surface area contributed by atoms with Crippen LogP contribution in [-0.2, 0) is 19.4 Å². The van der Waals surface area contributed by atoms with E-state index in [2.05, 4.69) is 40.6 Å². The molecule has 2 heterocycles. The van der Waals surface area contributed by atoms with Crippen molar-refractivity contribution in [1.82, 2.24) is 10.3 Å². The first kappa shape index (κ1) is 12.9. The number of aromatic amines is 1. The number of aryl methyl sites for hydroxylation is 2. The second kappa shape index (κ2) is 4.72. The van der Waals surface area contributed by atoms with Crippen LogP contribution in [0.1, 0.15) is 40.0 Å². The SMILES string of the molecule is O=C1NCc2cc(-c3ccc4[nH]c5c(c4c3)CCCC5)ccc21. The van der Waals surface area contributed by atoms with Gasteiger partial charge in [-0.2, -0.15) is 0 Å². The lowest BCUT2D eigenvalue weighted by Crippen LogP contribution is -2.12. The molecule has 0 atom stereocenters. The number of carbonyl (C=O) groups excluding carboxylic acids is 1. The maximum absolute atomic E-state index is 11.7. The molecule has 5 rings (SSSR count). The van der Waals surface area contributed by atoms with Crippen LogP contribution in [0.3, 0.4) is 0 Å². The number of aromatic nitrogens is 1. The minimum absolute atomic E-state index is 0.0432. The average molecular weight is 302 g/mol. The summed E-state index contributed by atoms with van der Waals surface area (Å²) in [5.74, 6) is 0.0432. The summed E-state index contributed by atoms with van der Waals surface area (Å²) in [6, 6.07) is 12.8. The normalized spacial score (nSPS) is 16.3. The van der Waals surface area contributed by atoms with Gasteiger partial charge in [-0.15, -0.1) is 0 Å². The predicted molar refractivity (Wildman–Crippen MR) is 91.5 cm³/mol. The Morgan fingerprint density at radius 2 is 1.74 bits per heavy atom. The summed E-state index contributed by atoms with van der Waals surface area (Å²) in [4.78, 5) is 15.3. The number of benzene rings is 2. The highest BCUT2D eigenvalue weighted by Crippen LogP contribution is 2.33. The Morgan fingerprint density at radius 3 is 2.70 bits per heavy atom. The van der Waals surface area contributed by atoms with Crippen molar-refractivity contribution in [1.29, 1.82) is 0 Å². The Bertz CT molecular complexity index is 952. The van der Waals surface area contributed by atoms with Crippen molar-refractivity contribution in [2.75, 3.05) is 0 Å². The third-order valence-corrected chi connectivity index (χ3v) is 5.22.